The number of carbonyl (C=O) groups is 1. The van der Waals surface area contributed by atoms with E-state index in [1.807, 2.05) is 11.9 Å². The van der Waals surface area contributed by atoms with E-state index >= 15 is 0 Å². The Morgan fingerprint density at radius 3 is 2.05 bits per heavy atom. The lowest BCUT2D eigenvalue weighted by Crippen LogP contribution is -2.51. The molecule has 0 saturated heterocycles. The molecule has 1 atom stereocenters. The Balaban J connectivity index is 1.59. The van der Waals surface area contributed by atoms with Crippen molar-refractivity contribution in [3.05, 3.63) is 0 Å². The van der Waals surface area contributed by atoms with Gasteiger partial charge in [0.25, 0.3) is 0 Å². The van der Waals surface area contributed by atoms with Crippen molar-refractivity contribution in [2.45, 2.75) is 64.8 Å². The molecule has 0 aliphatic heterocycles. The van der Waals surface area contributed by atoms with Crippen LogP contribution in [0.1, 0.15) is 58.8 Å². The standard InChI is InChI=1S/C18H32N2O/c1-12(2)16(19)7-17(21)20(3)11-18-8-13-4-14(9-18)6-15(5-13)10-18/h12-16H,4-11,19H2,1-3H3. The maximum atomic E-state index is 12.4. The fraction of sp³-hybridized carbons (Fsp3) is 0.944. The molecule has 4 fully saturated rings. The summed E-state index contributed by atoms with van der Waals surface area (Å²) in [6.07, 6.45) is 9.01. The maximum Gasteiger partial charge on any atom is 0.223 e. The SMILES string of the molecule is CC(C)C(N)CC(=O)N(C)CC12CC3CC(CC(C3)C1)C2. The van der Waals surface area contributed by atoms with Crippen molar-refractivity contribution in [2.75, 3.05) is 13.6 Å². The van der Waals surface area contributed by atoms with Gasteiger partial charge < -0.3 is 10.6 Å². The number of rotatable bonds is 5. The molecule has 4 saturated carbocycles. The van der Waals surface area contributed by atoms with Gasteiger partial charge in [0.15, 0.2) is 0 Å². The second-order valence-electron chi connectivity index (χ2n) is 8.78. The molecule has 0 aromatic heterocycles. The van der Waals surface area contributed by atoms with Crippen LogP contribution in [0.3, 0.4) is 0 Å². The minimum Gasteiger partial charge on any atom is -0.345 e. The molecule has 1 unspecified atom stereocenters. The Labute approximate surface area is 129 Å². The average Bonchev–Trinajstić information content (AvgIpc) is 2.35. The van der Waals surface area contributed by atoms with E-state index < -0.39 is 0 Å². The van der Waals surface area contributed by atoms with E-state index in [9.17, 15) is 4.79 Å². The van der Waals surface area contributed by atoms with Crippen LogP contribution in [0.4, 0.5) is 0 Å². The van der Waals surface area contributed by atoms with Crippen molar-refractivity contribution in [3.63, 3.8) is 0 Å². The van der Waals surface area contributed by atoms with Crippen LogP contribution in [0.15, 0.2) is 0 Å². The van der Waals surface area contributed by atoms with Gasteiger partial charge in [-0.2, -0.15) is 0 Å². The highest BCUT2D eigenvalue weighted by Gasteiger charge is 2.51. The molecule has 4 aliphatic rings. The third kappa shape index (κ3) is 3.13. The number of nitrogens with two attached hydrogens (primary N) is 1. The first-order valence-corrected chi connectivity index (χ1v) is 8.86. The van der Waals surface area contributed by atoms with Crippen LogP contribution in [0.2, 0.25) is 0 Å². The van der Waals surface area contributed by atoms with Crippen LogP contribution in [0, 0.1) is 29.1 Å². The molecular weight excluding hydrogens is 260 g/mol. The summed E-state index contributed by atoms with van der Waals surface area (Å²) in [6.45, 7) is 5.16. The highest BCUT2D eigenvalue weighted by molar-refractivity contribution is 5.76. The predicted molar refractivity (Wildman–Crippen MR) is 85.7 cm³/mol. The van der Waals surface area contributed by atoms with Gasteiger partial charge in [-0.1, -0.05) is 13.8 Å². The van der Waals surface area contributed by atoms with Crippen molar-refractivity contribution in [3.8, 4) is 0 Å². The Morgan fingerprint density at radius 2 is 1.62 bits per heavy atom. The topological polar surface area (TPSA) is 46.3 Å². The molecule has 3 heteroatoms. The highest BCUT2D eigenvalue weighted by atomic mass is 16.2. The first-order chi connectivity index (χ1) is 9.87. The van der Waals surface area contributed by atoms with Crippen molar-refractivity contribution in [1.82, 2.24) is 4.90 Å². The van der Waals surface area contributed by atoms with Gasteiger partial charge in [0.2, 0.25) is 5.91 Å². The molecule has 0 radical (unpaired) electrons. The van der Waals surface area contributed by atoms with Crippen LogP contribution in [-0.2, 0) is 4.79 Å². The number of hydrogen-bond acceptors (Lipinski definition) is 2. The molecule has 0 spiro atoms. The van der Waals surface area contributed by atoms with Gasteiger partial charge in [0.05, 0.1) is 0 Å². The van der Waals surface area contributed by atoms with Gasteiger partial charge in [0, 0.05) is 26.1 Å². The van der Waals surface area contributed by atoms with Crippen molar-refractivity contribution in [1.29, 1.82) is 0 Å². The first-order valence-electron chi connectivity index (χ1n) is 8.86. The molecule has 120 valence electrons. The van der Waals surface area contributed by atoms with E-state index in [0.717, 1.165) is 24.3 Å². The van der Waals surface area contributed by atoms with Crippen LogP contribution >= 0.6 is 0 Å². The van der Waals surface area contributed by atoms with E-state index in [4.69, 9.17) is 5.73 Å². The molecule has 3 nitrogen and oxygen atoms in total. The fourth-order valence-electron chi connectivity index (χ4n) is 5.67. The van der Waals surface area contributed by atoms with E-state index in [-0.39, 0.29) is 11.9 Å². The normalized spacial score (nSPS) is 38.8. The molecule has 21 heavy (non-hydrogen) atoms. The van der Waals surface area contributed by atoms with E-state index in [0.29, 0.717) is 17.8 Å². The summed E-state index contributed by atoms with van der Waals surface area (Å²) < 4.78 is 0. The summed E-state index contributed by atoms with van der Waals surface area (Å²) in [4.78, 5) is 14.4. The predicted octanol–water partition coefficient (Wildman–Crippen LogP) is 3.03. The van der Waals surface area contributed by atoms with Crippen LogP contribution in [-0.4, -0.2) is 30.4 Å². The summed E-state index contributed by atoms with van der Waals surface area (Å²) in [5.41, 5.74) is 6.51. The smallest absolute Gasteiger partial charge is 0.223 e. The van der Waals surface area contributed by atoms with Gasteiger partial charge >= 0.3 is 0 Å². The van der Waals surface area contributed by atoms with E-state index in [2.05, 4.69) is 13.8 Å². The minimum atomic E-state index is -0.00341. The number of hydrogen-bond donors (Lipinski definition) is 1. The van der Waals surface area contributed by atoms with E-state index in [1.165, 1.54) is 38.5 Å². The van der Waals surface area contributed by atoms with Gasteiger partial charge in [-0.15, -0.1) is 0 Å². The lowest BCUT2D eigenvalue weighted by atomic mass is 9.49. The maximum absolute atomic E-state index is 12.4. The van der Waals surface area contributed by atoms with Gasteiger partial charge in [-0.05, 0) is 67.6 Å². The van der Waals surface area contributed by atoms with Crippen molar-refractivity contribution < 1.29 is 4.79 Å². The molecule has 4 aliphatic carbocycles. The fourth-order valence-corrected chi connectivity index (χ4v) is 5.67. The van der Waals surface area contributed by atoms with Crippen LogP contribution in [0.5, 0.6) is 0 Å². The monoisotopic (exact) mass is 292 g/mol. The summed E-state index contributed by atoms with van der Waals surface area (Å²) in [5.74, 6) is 3.49. The molecule has 4 rings (SSSR count). The quantitative estimate of drug-likeness (QED) is 0.846. The lowest BCUT2D eigenvalue weighted by molar-refractivity contribution is -0.136. The molecule has 0 aromatic rings. The van der Waals surface area contributed by atoms with Crippen LogP contribution in [0.25, 0.3) is 0 Å². The molecule has 1 amide bonds. The molecule has 0 heterocycles. The Bertz CT molecular complexity index is 369. The van der Waals surface area contributed by atoms with E-state index in [1.54, 1.807) is 0 Å². The van der Waals surface area contributed by atoms with Crippen LogP contribution < -0.4 is 5.73 Å². The van der Waals surface area contributed by atoms with Crippen molar-refractivity contribution in [2.24, 2.45) is 34.8 Å². The molecule has 4 bridgehead atoms. The number of carbonyl (C=O) groups excluding carboxylic acids is 1. The zero-order valence-corrected chi connectivity index (χ0v) is 14.0. The average molecular weight is 292 g/mol. The zero-order valence-electron chi connectivity index (χ0n) is 14.0. The Kier molecular flexibility index (Phi) is 4.06. The Morgan fingerprint density at radius 1 is 1.14 bits per heavy atom. The Hall–Kier alpha value is -0.570. The summed E-state index contributed by atoms with van der Waals surface area (Å²) in [5, 5.41) is 0. The molecule has 0 aromatic carbocycles. The van der Waals surface area contributed by atoms with Crippen molar-refractivity contribution >= 4 is 5.91 Å². The largest absolute Gasteiger partial charge is 0.345 e. The zero-order chi connectivity index (χ0) is 15.2. The van der Waals surface area contributed by atoms with Gasteiger partial charge in [-0.3, -0.25) is 4.79 Å². The summed E-state index contributed by atoms with van der Waals surface area (Å²) in [7, 11) is 1.99. The highest BCUT2D eigenvalue weighted by Crippen LogP contribution is 2.60. The summed E-state index contributed by atoms with van der Waals surface area (Å²) >= 11 is 0. The van der Waals surface area contributed by atoms with Gasteiger partial charge in [-0.25, -0.2) is 0 Å². The lowest BCUT2D eigenvalue weighted by Gasteiger charge is -2.57. The van der Waals surface area contributed by atoms with Gasteiger partial charge in [0.1, 0.15) is 0 Å². The molecular formula is C18H32N2O. The summed E-state index contributed by atoms with van der Waals surface area (Å²) in [6, 6.07) is -0.00341. The molecule has 2 N–H and O–H groups in total. The second kappa shape index (κ2) is 5.57. The third-order valence-electron chi connectivity index (χ3n) is 6.43. The number of nitrogens with zero attached hydrogens (tertiary/aromatic N) is 1. The first kappa shape index (κ1) is 15.3. The second-order valence-corrected chi connectivity index (χ2v) is 8.78. The minimum absolute atomic E-state index is 0.00341. The third-order valence-corrected chi connectivity index (χ3v) is 6.43. The number of amides is 1.